The molecule has 0 N–H and O–H groups in total. The number of hydrogen-bond acceptors (Lipinski definition) is 1. The second-order valence-corrected chi connectivity index (χ2v) is 4.94. The van der Waals surface area contributed by atoms with Crippen molar-refractivity contribution in [3.8, 4) is 0 Å². The number of carbonyl (C=O) groups excluding carboxylic acids is 1. The predicted molar refractivity (Wildman–Crippen MR) is 63.7 cm³/mol. The first-order valence-electron chi connectivity index (χ1n) is 4.63. The summed E-state index contributed by atoms with van der Waals surface area (Å²) >= 11 is 8.73. The van der Waals surface area contributed by atoms with Gasteiger partial charge in [-0.25, -0.2) is 8.78 Å². The van der Waals surface area contributed by atoms with Crippen LogP contribution in [0.5, 0.6) is 0 Å². The Morgan fingerprint density at radius 2 is 2.12 bits per heavy atom. The number of hydrogen-bond donors (Lipinski definition) is 0. The van der Waals surface area contributed by atoms with Gasteiger partial charge in [-0.2, -0.15) is 0 Å². The van der Waals surface area contributed by atoms with Crippen molar-refractivity contribution in [1.82, 2.24) is 0 Å². The molecular weight excluding hydrogens is 301 g/mol. The molecule has 1 rings (SSSR count). The van der Waals surface area contributed by atoms with E-state index in [1.54, 1.807) is 13.0 Å². The fourth-order valence-electron chi connectivity index (χ4n) is 1.41. The lowest BCUT2D eigenvalue weighted by molar-refractivity contribution is 0.0981. The van der Waals surface area contributed by atoms with Gasteiger partial charge < -0.3 is 0 Å². The average Bonchev–Trinajstić information content (AvgIpc) is 2.26. The number of alkyl halides is 4. The summed E-state index contributed by atoms with van der Waals surface area (Å²) in [6, 6.07) is 4.32. The van der Waals surface area contributed by atoms with Gasteiger partial charge in [0.15, 0.2) is 5.78 Å². The van der Waals surface area contributed by atoms with Crippen LogP contribution in [0.3, 0.4) is 0 Å². The van der Waals surface area contributed by atoms with E-state index in [-0.39, 0.29) is 22.8 Å². The highest BCUT2D eigenvalue weighted by Crippen LogP contribution is 2.28. The Balaban J connectivity index is 3.36. The summed E-state index contributed by atoms with van der Waals surface area (Å²) in [5.74, 6) is -0.326. The van der Waals surface area contributed by atoms with Crippen LogP contribution in [0.25, 0.3) is 0 Å². The molecule has 1 aromatic carbocycles. The van der Waals surface area contributed by atoms with Gasteiger partial charge in [0.25, 0.3) is 6.43 Å². The van der Waals surface area contributed by atoms with E-state index in [0.29, 0.717) is 5.56 Å². The monoisotopic (exact) mass is 310 g/mol. The van der Waals surface area contributed by atoms with Crippen molar-refractivity contribution in [1.29, 1.82) is 0 Å². The van der Waals surface area contributed by atoms with Crippen LogP contribution in [0, 0.1) is 0 Å². The third kappa shape index (κ3) is 2.80. The highest BCUT2D eigenvalue weighted by Gasteiger charge is 2.23. The largest absolute Gasteiger partial charge is 0.293 e. The molecule has 1 nitrogen and oxygen atoms in total. The minimum absolute atomic E-state index is 0.0388. The normalized spacial score (nSPS) is 12.9. The van der Waals surface area contributed by atoms with Gasteiger partial charge in [-0.05, 0) is 12.5 Å². The van der Waals surface area contributed by atoms with Crippen molar-refractivity contribution in [2.24, 2.45) is 0 Å². The van der Waals surface area contributed by atoms with Gasteiger partial charge in [-0.1, -0.05) is 34.1 Å². The van der Waals surface area contributed by atoms with Crippen LogP contribution in [0.15, 0.2) is 18.2 Å². The van der Waals surface area contributed by atoms with E-state index < -0.39 is 11.3 Å². The zero-order valence-electron chi connectivity index (χ0n) is 8.51. The molecule has 1 aromatic rings. The Bertz CT molecular complexity index is 394. The van der Waals surface area contributed by atoms with Crippen LogP contribution in [0.2, 0.25) is 0 Å². The molecule has 0 spiro atoms. The van der Waals surface area contributed by atoms with Crippen molar-refractivity contribution in [3.63, 3.8) is 0 Å². The highest BCUT2D eigenvalue weighted by atomic mass is 79.9. The van der Waals surface area contributed by atoms with E-state index in [4.69, 9.17) is 11.6 Å². The smallest absolute Gasteiger partial charge is 0.264 e. The van der Waals surface area contributed by atoms with E-state index >= 15 is 0 Å². The van der Waals surface area contributed by atoms with Crippen LogP contribution >= 0.6 is 27.5 Å². The molecule has 0 aliphatic carbocycles. The number of ketones is 1. The van der Waals surface area contributed by atoms with Crippen LogP contribution in [0.1, 0.15) is 34.8 Å². The molecule has 0 bridgehead atoms. The first kappa shape index (κ1) is 13.6. The minimum atomic E-state index is -2.67. The van der Waals surface area contributed by atoms with Crippen molar-refractivity contribution in [2.75, 3.05) is 0 Å². The Morgan fingerprint density at radius 3 is 2.56 bits per heavy atom. The first-order valence-corrected chi connectivity index (χ1v) is 6.08. The summed E-state index contributed by atoms with van der Waals surface area (Å²) in [5.41, 5.74) is 0.224. The Labute approximate surface area is 106 Å². The zero-order chi connectivity index (χ0) is 12.3. The molecule has 0 fully saturated rings. The van der Waals surface area contributed by atoms with Gasteiger partial charge in [0.2, 0.25) is 0 Å². The number of benzene rings is 1. The highest BCUT2D eigenvalue weighted by molar-refractivity contribution is 9.10. The molecule has 0 amide bonds. The summed E-state index contributed by atoms with van der Waals surface area (Å²) in [6.45, 7) is 1.60. The fourth-order valence-corrected chi connectivity index (χ4v) is 1.86. The number of Topliss-reactive ketones (excluding diaryl/α,β-unsaturated/α-hetero) is 1. The topological polar surface area (TPSA) is 17.1 Å². The molecule has 0 aliphatic rings. The molecule has 0 radical (unpaired) electrons. The Kier molecular flexibility index (Phi) is 4.87. The van der Waals surface area contributed by atoms with Crippen LogP contribution < -0.4 is 0 Å². The molecule has 88 valence electrons. The molecule has 1 unspecified atom stereocenters. The fraction of sp³-hybridized carbons (Fsp3) is 0.364. The summed E-state index contributed by atoms with van der Waals surface area (Å²) < 4.78 is 25.5. The average molecular weight is 312 g/mol. The third-order valence-corrected chi connectivity index (χ3v) is 2.87. The van der Waals surface area contributed by atoms with Gasteiger partial charge >= 0.3 is 0 Å². The van der Waals surface area contributed by atoms with Crippen LogP contribution in [-0.4, -0.2) is 10.6 Å². The Hall–Kier alpha value is -0.480. The van der Waals surface area contributed by atoms with Crippen LogP contribution in [-0.2, 0) is 5.88 Å². The molecule has 1 atom stereocenters. The molecule has 0 saturated heterocycles. The second kappa shape index (κ2) is 5.73. The lowest BCUT2D eigenvalue weighted by Gasteiger charge is -2.13. The molecule has 0 aromatic heterocycles. The number of rotatable bonds is 4. The third-order valence-electron chi connectivity index (χ3n) is 2.17. The molecule has 0 aliphatic heterocycles. The lowest BCUT2D eigenvalue weighted by Crippen LogP contribution is -2.15. The van der Waals surface area contributed by atoms with Gasteiger partial charge in [0, 0.05) is 17.0 Å². The summed E-state index contributed by atoms with van der Waals surface area (Å²) in [6.07, 6.45) is -2.67. The minimum Gasteiger partial charge on any atom is -0.293 e. The number of carbonyl (C=O) groups is 1. The standard InChI is InChI=1S/C11H10BrClF2O/c1-6(12)10(16)9-7(5-13)3-2-4-8(9)11(14)15/h2-4,6,11H,5H2,1H3. The SMILES string of the molecule is CC(Br)C(=O)c1c(CCl)cccc1C(F)F. The van der Waals surface area contributed by atoms with Crippen molar-refractivity contribution in [2.45, 2.75) is 24.1 Å². The van der Waals surface area contributed by atoms with E-state index in [1.165, 1.54) is 12.1 Å². The van der Waals surface area contributed by atoms with Crippen molar-refractivity contribution in [3.05, 3.63) is 34.9 Å². The van der Waals surface area contributed by atoms with E-state index in [2.05, 4.69) is 15.9 Å². The molecule has 0 saturated carbocycles. The maximum absolute atomic E-state index is 12.8. The molecule has 16 heavy (non-hydrogen) atoms. The van der Waals surface area contributed by atoms with E-state index in [0.717, 1.165) is 0 Å². The first-order chi connectivity index (χ1) is 7.49. The maximum Gasteiger partial charge on any atom is 0.264 e. The van der Waals surface area contributed by atoms with Gasteiger partial charge in [-0.15, -0.1) is 11.6 Å². The molecular formula is C11H10BrClF2O. The van der Waals surface area contributed by atoms with Gasteiger partial charge in [-0.3, -0.25) is 4.79 Å². The zero-order valence-corrected chi connectivity index (χ0v) is 10.9. The summed E-state index contributed by atoms with van der Waals surface area (Å²) in [4.78, 5) is 11.3. The van der Waals surface area contributed by atoms with E-state index in [1.807, 2.05) is 0 Å². The van der Waals surface area contributed by atoms with Crippen LogP contribution in [0.4, 0.5) is 8.78 Å². The van der Waals surface area contributed by atoms with Gasteiger partial charge in [0.05, 0.1) is 4.83 Å². The second-order valence-electron chi connectivity index (χ2n) is 3.30. The van der Waals surface area contributed by atoms with Gasteiger partial charge in [0.1, 0.15) is 0 Å². The van der Waals surface area contributed by atoms with Crippen molar-refractivity contribution >= 4 is 33.3 Å². The number of halogens is 4. The molecule has 0 heterocycles. The Morgan fingerprint density at radius 1 is 1.50 bits per heavy atom. The quantitative estimate of drug-likeness (QED) is 0.597. The lowest BCUT2D eigenvalue weighted by atomic mass is 9.97. The molecule has 5 heteroatoms. The maximum atomic E-state index is 12.8. The summed E-state index contributed by atoms with van der Waals surface area (Å²) in [7, 11) is 0. The summed E-state index contributed by atoms with van der Waals surface area (Å²) in [5, 5.41) is 0. The predicted octanol–water partition coefficient (Wildman–Crippen LogP) is 4.33. The van der Waals surface area contributed by atoms with E-state index in [9.17, 15) is 13.6 Å². The van der Waals surface area contributed by atoms with Crippen molar-refractivity contribution < 1.29 is 13.6 Å².